The van der Waals surface area contributed by atoms with E-state index in [4.69, 9.17) is 0 Å². The van der Waals surface area contributed by atoms with Crippen molar-refractivity contribution in [1.82, 2.24) is 19.2 Å². The Bertz CT molecular complexity index is 1330. The quantitative estimate of drug-likeness (QED) is 0.638. The molecule has 1 fully saturated rings. The summed E-state index contributed by atoms with van der Waals surface area (Å²) in [5.74, 6) is -1.23. The van der Waals surface area contributed by atoms with Gasteiger partial charge in [0.2, 0.25) is 10.0 Å². The second-order valence-electron chi connectivity index (χ2n) is 7.81. The SMILES string of the molecule is O=c1[nH]c(CN2CCN(S(=O)(=O)c3cc(F)ccc3F)CC2)nc2sc3c(c12)CCC3. The van der Waals surface area contributed by atoms with E-state index in [1.165, 1.54) is 4.88 Å². The molecule has 0 spiro atoms. The Hall–Kier alpha value is -2.21. The van der Waals surface area contributed by atoms with E-state index in [0.717, 1.165) is 46.1 Å². The van der Waals surface area contributed by atoms with Gasteiger partial charge in [-0.15, -0.1) is 11.3 Å². The van der Waals surface area contributed by atoms with Crippen LogP contribution in [0, 0.1) is 11.6 Å². The predicted molar refractivity (Wildman–Crippen MR) is 113 cm³/mol. The van der Waals surface area contributed by atoms with Crippen LogP contribution in [0.25, 0.3) is 10.2 Å². The molecule has 1 N–H and O–H groups in total. The van der Waals surface area contributed by atoms with Gasteiger partial charge in [0.05, 0.1) is 11.9 Å². The minimum atomic E-state index is -4.13. The van der Waals surface area contributed by atoms with Crippen LogP contribution in [0.3, 0.4) is 0 Å². The molecule has 0 bridgehead atoms. The van der Waals surface area contributed by atoms with Gasteiger partial charge in [0, 0.05) is 31.1 Å². The van der Waals surface area contributed by atoms with E-state index in [1.54, 1.807) is 11.3 Å². The Balaban J connectivity index is 1.30. The Morgan fingerprint density at radius 1 is 1.13 bits per heavy atom. The fraction of sp³-hybridized carbons (Fsp3) is 0.400. The van der Waals surface area contributed by atoms with Gasteiger partial charge in [-0.2, -0.15) is 4.31 Å². The van der Waals surface area contributed by atoms with E-state index in [-0.39, 0.29) is 18.6 Å². The summed E-state index contributed by atoms with van der Waals surface area (Å²) < 4.78 is 54.0. The Morgan fingerprint density at radius 2 is 1.90 bits per heavy atom. The van der Waals surface area contributed by atoms with E-state index in [9.17, 15) is 22.0 Å². The van der Waals surface area contributed by atoms with Gasteiger partial charge in [0.25, 0.3) is 5.56 Å². The van der Waals surface area contributed by atoms with Crippen molar-refractivity contribution in [2.45, 2.75) is 30.7 Å². The molecule has 11 heteroatoms. The Morgan fingerprint density at radius 3 is 2.68 bits per heavy atom. The summed E-state index contributed by atoms with van der Waals surface area (Å²) in [6.45, 7) is 1.43. The second-order valence-corrected chi connectivity index (χ2v) is 10.8. The largest absolute Gasteiger partial charge is 0.309 e. The monoisotopic (exact) mass is 466 g/mol. The van der Waals surface area contributed by atoms with Crippen LogP contribution in [0.5, 0.6) is 0 Å². The number of aromatic nitrogens is 2. The topological polar surface area (TPSA) is 86.4 Å². The maximum absolute atomic E-state index is 14.0. The zero-order chi connectivity index (χ0) is 21.8. The molecule has 0 atom stereocenters. The van der Waals surface area contributed by atoms with Crippen LogP contribution in [0.2, 0.25) is 0 Å². The van der Waals surface area contributed by atoms with Crippen molar-refractivity contribution in [3.63, 3.8) is 0 Å². The van der Waals surface area contributed by atoms with Crippen LogP contribution in [0.4, 0.5) is 8.78 Å². The summed E-state index contributed by atoms with van der Waals surface area (Å²) in [7, 11) is -4.13. The van der Waals surface area contributed by atoms with E-state index < -0.39 is 26.6 Å². The highest BCUT2D eigenvalue weighted by Crippen LogP contribution is 2.34. The summed E-state index contributed by atoms with van der Waals surface area (Å²) >= 11 is 1.58. The first kappa shape index (κ1) is 20.7. The van der Waals surface area contributed by atoms with Crippen LogP contribution in [-0.2, 0) is 29.4 Å². The second kappa shape index (κ2) is 7.73. The number of aryl methyl sites for hydroxylation is 2. The number of nitrogens with zero attached hydrogens (tertiary/aromatic N) is 3. The molecular formula is C20H20F2N4O3S2. The van der Waals surface area contributed by atoms with E-state index in [1.807, 2.05) is 4.90 Å². The molecule has 31 heavy (non-hydrogen) atoms. The van der Waals surface area contributed by atoms with Crippen molar-refractivity contribution in [3.8, 4) is 0 Å². The van der Waals surface area contributed by atoms with E-state index in [0.29, 0.717) is 36.9 Å². The molecule has 0 saturated carbocycles. The number of hydrogen-bond acceptors (Lipinski definition) is 6. The predicted octanol–water partition coefficient (Wildman–Crippen LogP) is 2.26. The fourth-order valence-electron chi connectivity index (χ4n) is 4.28. The van der Waals surface area contributed by atoms with Crippen molar-refractivity contribution in [3.05, 3.63) is 56.5 Å². The van der Waals surface area contributed by atoms with Gasteiger partial charge in [-0.1, -0.05) is 0 Å². The summed E-state index contributed by atoms with van der Waals surface area (Å²) in [6.07, 6.45) is 2.99. The standard InChI is InChI=1S/C20H20F2N4O3S2/c21-12-4-5-14(22)16(10-12)31(28,29)26-8-6-25(7-9-26)11-17-23-19(27)18-13-2-1-3-15(13)30-20(18)24-17/h4-5,10H,1-3,6-9,11H2,(H,23,24,27). The van der Waals surface area contributed by atoms with Crippen LogP contribution in [0.15, 0.2) is 27.9 Å². The molecule has 0 amide bonds. The van der Waals surface area contributed by atoms with Crippen molar-refractivity contribution in [1.29, 1.82) is 0 Å². The highest BCUT2D eigenvalue weighted by atomic mass is 32.2. The average molecular weight is 467 g/mol. The summed E-state index contributed by atoms with van der Waals surface area (Å²) in [5.41, 5.74) is 1.01. The zero-order valence-electron chi connectivity index (χ0n) is 16.5. The number of halogens is 2. The summed E-state index contributed by atoms with van der Waals surface area (Å²) in [4.78, 5) is 23.4. The molecule has 5 rings (SSSR count). The molecule has 3 heterocycles. The zero-order valence-corrected chi connectivity index (χ0v) is 18.2. The lowest BCUT2D eigenvalue weighted by atomic mass is 10.2. The molecule has 1 aliphatic heterocycles. The van der Waals surface area contributed by atoms with Gasteiger partial charge in [-0.05, 0) is 43.0 Å². The van der Waals surface area contributed by atoms with Crippen LogP contribution < -0.4 is 5.56 Å². The molecule has 2 aromatic heterocycles. The van der Waals surface area contributed by atoms with Crippen LogP contribution >= 0.6 is 11.3 Å². The van der Waals surface area contributed by atoms with Gasteiger partial charge in [0.1, 0.15) is 27.2 Å². The lowest BCUT2D eigenvalue weighted by Gasteiger charge is -2.33. The molecular weight excluding hydrogens is 446 g/mol. The number of piperazine rings is 1. The highest BCUT2D eigenvalue weighted by molar-refractivity contribution is 7.89. The number of H-pyrrole nitrogens is 1. The molecule has 1 aromatic carbocycles. The number of sulfonamides is 1. The average Bonchev–Trinajstić information content (AvgIpc) is 3.31. The molecule has 0 unspecified atom stereocenters. The molecule has 2 aliphatic rings. The molecule has 3 aromatic rings. The number of aromatic amines is 1. The van der Waals surface area contributed by atoms with Gasteiger partial charge in [0.15, 0.2) is 0 Å². The highest BCUT2D eigenvalue weighted by Gasteiger charge is 2.31. The van der Waals surface area contributed by atoms with Gasteiger partial charge in [-0.25, -0.2) is 22.2 Å². The van der Waals surface area contributed by atoms with Crippen molar-refractivity contribution >= 4 is 31.6 Å². The normalized spacial score (nSPS) is 18.0. The molecule has 1 saturated heterocycles. The number of fused-ring (bicyclic) bond motifs is 3. The van der Waals surface area contributed by atoms with Gasteiger partial charge in [-0.3, -0.25) is 9.69 Å². The van der Waals surface area contributed by atoms with Crippen LogP contribution in [0.1, 0.15) is 22.7 Å². The van der Waals surface area contributed by atoms with Gasteiger partial charge < -0.3 is 4.98 Å². The van der Waals surface area contributed by atoms with Crippen LogP contribution in [-0.4, -0.2) is 53.8 Å². The molecule has 1 aliphatic carbocycles. The third-order valence-corrected chi connectivity index (χ3v) is 8.94. The third kappa shape index (κ3) is 3.69. The first-order valence-corrected chi connectivity index (χ1v) is 12.3. The maximum Gasteiger partial charge on any atom is 0.259 e. The number of benzene rings is 1. The fourth-order valence-corrected chi connectivity index (χ4v) is 7.05. The lowest BCUT2D eigenvalue weighted by molar-refractivity contribution is 0.178. The Kier molecular flexibility index (Phi) is 5.16. The summed E-state index contributed by atoms with van der Waals surface area (Å²) in [6, 6.07) is 2.41. The molecule has 0 radical (unpaired) electrons. The van der Waals surface area contributed by atoms with Crippen molar-refractivity contribution < 1.29 is 17.2 Å². The smallest absolute Gasteiger partial charge is 0.259 e. The Labute approximate surface area is 181 Å². The first-order valence-electron chi connectivity index (χ1n) is 10.0. The third-order valence-electron chi connectivity index (χ3n) is 5.84. The summed E-state index contributed by atoms with van der Waals surface area (Å²) in [5, 5.41) is 0.703. The number of rotatable bonds is 4. The van der Waals surface area contributed by atoms with E-state index in [2.05, 4.69) is 9.97 Å². The number of nitrogens with one attached hydrogen (secondary N) is 1. The minimum Gasteiger partial charge on any atom is -0.309 e. The number of hydrogen-bond donors (Lipinski definition) is 1. The minimum absolute atomic E-state index is 0.123. The lowest BCUT2D eigenvalue weighted by Crippen LogP contribution is -2.48. The molecule has 7 nitrogen and oxygen atoms in total. The number of thiophene rings is 1. The first-order chi connectivity index (χ1) is 14.8. The van der Waals surface area contributed by atoms with E-state index >= 15 is 0 Å². The van der Waals surface area contributed by atoms with Crippen molar-refractivity contribution in [2.24, 2.45) is 0 Å². The van der Waals surface area contributed by atoms with Gasteiger partial charge >= 0.3 is 0 Å². The maximum atomic E-state index is 14.0. The molecule has 164 valence electrons. The van der Waals surface area contributed by atoms with Crippen molar-refractivity contribution in [2.75, 3.05) is 26.2 Å².